The molecule has 2 aromatic rings. The maximum Gasteiger partial charge on any atom is 0.430 e. The van der Waals surface area contributed by atoms with Crippen molar-refractivity contribution >= 4 is 32.0 Å². The molecule has 0 spiro atoms. The van der Waals surface area contributed by atoms with Crippen molar-refractivity contribution in [3.8, 4) is 0 Å². The molecule has 1 aromatic carbocycles. The number of nitrogens with zero attached hydrogens (tertiary/aromatic N) is 4. The lowest BCUT2D eigenvalue weighted by atomic mass is 9.92. The summed E-state index contributed by atoms with van der Waals surface area (Å²) in [5.74, 6) is 0. The lowest BCUT2D eigenvalue weighted by Gasteiger charge is -2.36. The molecule has 0 bridgehead atoms. The van der Waals surface area contributed by atoms with E-state index in [1.165, 1.54) is 12.1 Å². The Morgan fingerprint density at radius 2 is 1.41 bits per heavy atom. The van der Waals surface area contributed by atoms with Crippen LogP contribution in [0.3, 0.4) is 0 Å². The number of sulfonamides is 1. The summed E-state index contributed by atoms with van der Waals surface area (Å²) in [5, 5.41) is 12.1. The van der Waals surface area contributed by atoms with Crippen LogP contribution in [0.15, 0.2) is 45.8 Å². The van der Waals surface area contributed by atoms with Gasteiger partial charge in [0, 0.05) is 50.5 Å². The van der Waals surface area contributed by atoms with Crippen LogP contribution in [0.1, 0.15) is 5.56 Å². The molecule has 2 aliphatic heterocycles. The predicted molar refractivity (Wildman–Crippen MR) is 132 cm³/mol. The number of benzene rings is 1. The number of aliphatic hydroxyl groups is 1. The van der Waals surface area contributed by atoms with E-state index < -0.39 is 33.5 Å². The average molecular weight is 605 g/mol. The normalized spacial score (nSPS) is 18.4. The van der Waals surface area contributed by atoms with Crippen LogP contribution in [0.2, 0.25) is 0 Å². The first-order chi connectivity index (χ1) is 18.1. The quantitative estimate of drug-likeness (QED) is 0.408. The summed E-state index contributed by atoms with van der Waals surface area (Å²) in [7, 11) is -1.76. The molecular formula is C22H26F6N4O5S2. The van der Waals surface area contributed by atoms with Crippen molar-refractivity contribution in [1.29, 1.82) is 0 Å². The van der Waals surface area contributed by atoms with Gasteiger partial charge in [0.25, 0.3) is 15.6 Å². The van der Waals surface area contributed by atoms with E-state index in [0.29, 0.717) is 23.5 Å². The highest BCUT2D eigenvalue weighted by atomic mass is 32.2. The molecule has 0 unspecified atom stereocenters. The molecule has 2 fully saturated rings. The molecule has 4 rings (SSSR count). The van der Waals surface area contributed by atoms with Crippen molar-refractivity contribution in [1.82, 2.24) is 9.21 Å². The van der Waals surface area contributed by atoms with E-state index in [4.69, 9.17) is 4.74 Å². The molecule has 1 N–H and O–H groups in total. The summed E-state index contributed by atoms with van der Waals surface area (Å²) in [4.78, 5) is 14.4. The van der Waals surface area contributed by atoms with Gasteiger partial charge in [0.1, 0.15) is 4.21 Å². The van der Waals surface area contributed by atoms with E-state index in [1.807, 2.05) is 0 Å². The van der Waals surface area contributed by atoms with Crippen molar-refractivity contribution < 1.29 is 44.6 Å². The number of alkyl halides is 6. The zero-order chi connectivity index (χ0) is 29.1. The third-order valence-corrected chi connectivity index (χ3v) is 9.52. The Labute approximate surface area is 224 Å². The fraction of sp³-hybridized carbons (Fsp3) is 0.545. The fourth-order valence-corrected chi connectivity index (χ4v) is 6.52. The van der Waals surface area contributed by atoms with Gasteiger partial charge in [0.15, 0.2) is 5.00 Å². The zero-order valence-electron chi connectivity index (χ0n) is 20.6. The van der Waals surface area contributed by atoms with Gasteiger partial charge in [-0.25, -0.2) is 8.42 Å². The Kier molecular flexibility index (Phi) is 9.65. The molecule has 9 nitrogen and oxygen atoms in total. The van der Waals surface area contributed by atoms with Gasteiger partial charge in [-0.05, 0) is 36.5 Å². The van der Waals surface area contributed by atoms with Gasteiger partial charge in [-0.1, -0.05) is 23.5 Å². The minimum atomic E-state index is -5.98. The van der Waals surface area contributed by atoms with Gasteiger partial charge in [-0.3, -0.25) is 0 Å². The zero-order valence-corrected chi connectivity index (χ0v) is 22.2. The summed E-state index contributed by atoms with van der Waals surface area (Å²) in [6.45, 7) is 4.26. The number of anilines is 1. The second-order valence-electron chi connectivity index (χ2n) is 8.74. The van der Waals surface area contributed by atoms with E-state index >= 15 is 0 Å². The van der Waals surface area contributed by atoms with Crippen LogP contribution in [0.4, 0.5) is 37.0 Å². The van der Waals surface area contributed by atoms with Crippen molar-refractivity contribution in [3.05, 3.63) is 46.9 Å². The van der Waals surface area contributed by atoms with E-state index in [1.54, 1.807) is 4.90 Å². The number of thiophene rings is 1. The SMILES string of the molecule is CN1CCOCC1.O=Nc1ccc(S(=O)(=O)N2CCN(c3ccc(C(O)(C(F)(F)F)C(F)(F)F)cc3)CC2)s1. The number of morpholine rings is 1. The lowest BCUT2D eigenvalue weighted by molar-refractivity contribution is -0.376. The first kappa shape index (κ1) is 31.2. The molecule has 218 valence electrons. The number of ether oxygens (including phenoxy) is 1. The van der Waals surface area contributed by atoms with Gasteiger partial charge < -0.3 is 19.6 Å². The molecule has 17 heteroatoms. The van der Waals surface area contributed by atoms with E-state index in [2.05, 4.69) is 17.1 Å². The highest BCUT2D eigenvalue weighted by Crippen LogP contribution is 2.50. The molecule has 0 atom stereocenters. The van der Waals surface area contributed by atoms with E-state index in [9.17, 15) is 44.8 Å². The maximum atomic E-state index is 13.0. The maximum absolute atomic E-state index is 13.0. The standard InChI is InChI=1S/C17H15F6N3O4S2.C5H11NO/c18-16(19,20)15(27,17(21,22)23)11-1-3-12(4-2-11)25-7-9-26(10-8-25)32(29,30)14-6-5-13(24-28)31-14;1-6-2-4-7-5-3-6/h1-6,27H,7-10H2;2-5H2,1H3. The van der Waals surface area contributed by atoms with Crippen LogP contribution in [0, 0.1) is 4.91 Å². The summed E-state index contributed by atoms with van der Waals surface area (Å²) >= 11 is 0.709. The number of rotatable bonds is 5. The summed E-state index contributed by atoms with van der Waals surface area (Å²) in [6.07, 6.45) is -12.0. The minimum absolute atomic E-state index is 0.0000245. The first-order valence-electron chi connectivity index (χ1n) is 11.5. The van der Waals surface area contributed by atoms with Gasteiger partial charge in [0.2, 0.25) is 0 Å². The molecular weight excluding hydrogens is 578 g/mol. The van der Waals surface area contributed by atoms with Crippen LogP contribution in [-0.4, -0.2) is 94.6 Å². The van der Waals surface area contributed by atoms with Crippen LogP contribution in [-0.2, 0) is 20.4 Å². The van der Waals surface area contributed by atoms with Gasteiger partial charge >= 0.3 is 12.4 Å². The number of nitroso groups, excluding NO2 is 1. The van der Waals surface area contributed by atoms with Crippen LogP contribution in [0.25, 0.3) is 0 Å². The molecule has 3 heterocycles. The van der Waals surface area contributed by atoms with Gasteiger partial charge in [-0.2, -0.15) is 30.6 Å². The summed E-state index contributed by atoms with van der Waals surface area (Å²) in [5.41, 5.74) is -6.12. The fourth-order valence-electron chi connectivity index (χ4n) is 3.87. The van der Waals surface area contributed by atoms with Gasteiger partial charge in [-0.15, -0.1) is 4.91 Å². The number of hydrogen-bond acceptors (Lipinski definition) is 9. The molecule has 1 aromatic heterocycles. The third kappa shape index (κ3) is 6.89. The van der Waals surface area contributed by atoms with Crippen molar-refractivity contribution in [3.63, 3.8) is 0 Å². The average Bonchev–Trinajstić information content (AvgIpc) is 3.38. The summed E-state index contributed by atoms with van der Waals surface area (Å²) in [6, 6.07) is 5.61. The highest BCUT2D eigenvalue weighted by molar-refractivity contribution is 7.91. The molecule has 0 amide bonds. The van der Waals surface area contributed by atoms with Crippen molar-refractivity contribution in [2.24, 2.45) is 5.18 Å². The Morgan fingerprint density at radius 3 is 1.82 bits per heavy atom. The van der Waals surface area contributed by atoms with E-state index in [-0.39, 0.29) is 41.1 Å². The Bertz CT molecular complexity index is 1190. The van der Waals surface area contributed by atoms with Gasteiger partial charge in [0.05, 0.1) is 13.2 Å². The predicted octanol–water partition coefficient (Wildman–Crippen LogP) is 3.92. The number of hydrogen-bond donors (Lipinski definition) is 1. The number of piperazine rings is 1. The number of likely N-dealkylation sites (N-methyl/N-ethyl adjacent to an activating group) is 1. The first-order valence-corrected chi connectivity index (χ1v) is 13.8. The second kappa shape index (κ2) is 12.1. The molecule has 0 saturated carbocycles. The molecule has 0 aliphatic carbocycles. The van der Waals surface area contributed by atoms with Crippen molar-refractivity contribution in [2.75, 3.05) is 64.4 Å². The lowest BCUT2D eigenvalue weighted by Crippen LogP contribution is -2.54. The number of halogens is 6. The monoisotopic (exact) mass is 604 g/mol. The Morgan fingerprint density at radius 1 is 0.872 bits per heavy atom. The topological polar surface area (TPSA) is 103 Å². The Hall–Kier alpha value is -2.31. The summed E-state index contributed by atoms with van der Waals surface area (Å²) < 4.78 is 109. The van der Waals surface area contributed by atoms with Crippen LogP contribution >= 0.6 is 11.3 Å². The largest absolute Gasteiger partial charge is 0.430 e. The van der Waals surface area contributed by atoms with E-state index in [0.717, 1.165) is 42.7 Å². The molecule has 2 saturated heterocycles. The van der Waals surface area contributed by atoms with Crippen LogP contribution < -0.4 is 4.90 Å². The smallest absolute Gasteiger partial charge is 0.379 e. The highest BCUT2D eigenvalue weighted by Gasteiger charge is 2.71. The Balaban J connectivity index is 0.000000520. The second-order valence-corrected chi connectivity index (χ2v) is 12.0. The third-order valence-electron chi connectivity index (χ3n) is 6.20. The molecule has 0 radical (unpaired) electrons. The molecule has 2 aliphatic rings. The molecule has 39 heavy (non-hydrogen) atoms. The van der Waals surface area contributed by atoms with Crippen LogP contribution in [0.5, 0.6) is 0 Å². The minimum Gasteiger partial charge on any atom is -0.379 e. The van der Waals surface area contributed by atoms with Crippen molar-refractivity contribution in [2.45, 2.75) is 22.2 Å².